The summed E-state index contributed by atoms with van der Waals surface area (Å²) in [4.78, 5) is 17.3. The van der Waals surface area contributed by atoms with Crippen LogP contribution < -0.4 is 5.32 Å². The van der Waals surface area contributed by atoms with Gasteiger partial charge in [0.15, 0.2) is 5.17 Å². The minimum Gasteiger partial charge on any atom is -0.325 e. The molecule has 3 aromatic carbocycles. The first-order chi connectivity index (χ1) is 13.8. The van der Waals surface area contributed by atoms with Crippen LogP contribution in [0.4, 0.5) is 11.4 Å². The van der Waals surface area contributed by atoms with Gasteiger partial charge in [0.25, 0.3) is 0 Å². The average Bonchev–Trinajstić information content (AvgIpc) is 3.23. The van der Waals surface area contributed by atoms with E-state index in [1.165, 1.54) is 17.3 Å². The third-order valence-electron chi connectivity index (χ3n) is 4.93. The largest absolute Gasteiger partial charge is 0.325 e. The molecule has 0 fully saturated rings. The van der Waals surface area contributed by atoms with E-state index in [1.807, 2.05) is 71.9 Å². The van der Waals surface area contributed by atoms with Gasteiger partial charge in [-0.1, -0.05) is 66.4 Å². The second-order valence-electron chi connectivity index (χ2n) is 6.71. The van der Waals surface area contributed by atoms with E-state index >= 15 is 0 Å². The van der Waals surface area contributed by atoms with Gasteiger partial charge in [0.1, 0.15) is 0 Å². The van der Waals surface area contributed by atoms with Gasteiger partial charge >= 0.3 is 0 Å². The normalized spacial score (nSPS) is 17.2. The van der Waals surface area contributed by atoms with E-state index < -0.39 is 0 Å². The van der Waals surface area contributed by atoms with Crippen molar-refractivity contribution >= 4 is 51.2 Å². The van der Waals surface area contributed by atoms with Crippen molar-refractivity contribution in [3.8, 4) is 0 Å². The monoisotopic (exact) mass is 386 g/mol. The van der Waals surface area contributed by atoms with Crippen molar-refractivity contribution in [3.05, 3.63) is 72.3 Å². The highest BCUT2D eigenvalue weighted by Gasteiger charge is 2.32. The molecular weight excluding hydrogens is 368 g/mol. The molecule has 0 aromatic heterocycles. The maximum atomic E-state index is 12.6. The summed E-state index contributed by atoms with van der Waals surface area (Å²) in [6, 6.07) is 22.3. The number of thioether (sulfide) groups is 1. The minimum absolute atomic E-state index is 0.0531. The number of hydrazone groups is 1. The molecule has 1 unspecified atom stereocenters. The highest BCUT2D eigenvalue weighted by atomic mass is 32.2. The molecule has 0 spiro atoms. The summed E-state index contributed by atoms with van der Waals surface area (Å²) < 4.78 is 0. The molecule has 0 radical (unpaired) electrons. The fourth-order valence-electron chi connectivity index (χ4n) is 3.63. The molecular formula is C22H18N4OS. The lowest BCUT2D eigenvalue weighted by atomic mass is 10.0. The molecule has 3 aromatic rings. The number of nitrogens with zero attached hydrogens (tertiary/aromatic N) is 3. The molecule has 1 amide bonds. The lowest BCUT2D eigenvalue weighted by Gasteiger charge is -2.29. The van der Waals surface area contributed by atoms with Gasteiger partial charge in [-0.15, -0.1) is 0 Å². The number of amidine groups is 1. The Kier molecular flexibility index (Phi) is 4.33. The Balaban J connectivity index is 1.33. The summed E-state index contributed by atoms with van der Waals surface area (Å²) in [5.74, 6) is 0.228. The number of nitrogens with one attached hydrogen (secondary N) is 1. The number of amides is 1. The van der Waals surface area contributed by atoms with Crippen molar-refractivity contribution in [1.29, 1.82) is 0 Å². The molecule has 2 aliphatic rings. The SMILES string of the molecule is O=C(CSC1=Nc2ccccc2C2CC=NN12)Nc1cccc2ccccc12. The van der Waals surface area contributed by atoms with Gasteiger partial charge in [0.2, 0.25) is 5.91 Å². The van der Waals surface area contributed by atoms with E-state index in [0.717, 1.165) is 33.7 Å². The molecule has 5 rings (SSSR count). The zero-order valence-corrected chi connectivity index (χ0v) is 15.9. The molecule has 1 N–H and O–H groups in total. The molecule has 138 valence electrons. The Morgan fingerprint density at radius 2 is 1.89 bits per heavy atom. The lowest BCUT2D eigenvalue weighted by molar-refractivity contribution is -0.113. The van der Waals surface area contributed by atoms with Crippen LogP contribution in [-0.2, 0) is 4.79 Å². The zero-order valence-electron chi connectivity index (χ0n) is 15.1. The van der Waals surface area contributed by atoms with Gasteiger partial charge < -0.3 is 5.32 Å². The van der Waals surface area contributed by atoms with Gasteiger partial charge in [0.05, 0.1) is 17.5 Å². The van der Waals surface area contributed by atoms with Gasteiger partial charge in [-0.3, -0.25) is 4.79 Å². The molecule has 0 saturated carbocycles. The molecule has 28 heavy (non-hydrogen) atoms. The van der Waals surface area contributed by atoms with Crippen molar-refractivity contribution in [1.82, 2.24) is 5.01 Å². The van der Waals surface area contributed by atoms with E-state index in [9.17, 15) is 4.79 Å². The van der Waals surface area contributed by atoms with Crippen LogP contribution in [-0.4, -0.2) is 28.1 Å². The number of carbonyl (C=O) groups excluding carboxylic acids is 1. The number of para-hydroxylation sites is 1. The van der Waals surface area contributed by atoms with Crippen LogP contribution in [0.5, 0.6) is 0 Å². The number of hydrogen-bond donors (Lipinski definition) is 1. The van der Waals surface area contributed by atoms with Crippen LogP contribution >= 0.6 is 11.8 Å². The summed E-state index contributed by atoms with van der Waals surface area (Å²) in [7, 11) is 0. The Bertz CT molecular complexity index is 1120. The smallest absolute Gasteiger partial charge is 0.234 e. The number of hydrogen-bond acceptors (Lipinski definition) is 5. The number of carbonyl (C=O) groups is 1. The van der Waals surface area contributed by atoms with E-state index in [1.54, 1.807) is 0 Å². The molecule has 1 atom stereocenters. The van der Waals surface area contributed by atoms with Crippen LogP contribution in [0, 0.1) is 0 Å². The van der Waals surface area contributed by atoms with Crippen molar-refractivity contribution < 1.29 is 4.79 Å². The van der Waals surface area contributed by atoms with Gasteiger partial charge in [-0.25, -0.2) is 10.0 Å². The Hall–Kier alpha value is -3.12. The summed E-state index contributed by atoms with van der Waals surface area (Å²) >= 11 is 1.42. The summed E-state index contributed by atoms with van der Waals surface area (Å²) in [5, 5.41) is 12.3. The highest BCUT2D eigenvalue weighted by molar-refractivity contribution is 8.14. The van der Waals surface area contributed by atoms with Crippen molar-refractivity contribution in [2.24, 2.45) is 10.1 Å². The predicted molar refractivity (Wildman–Crippen MR) is 116 cm³/mol. The first-order valence-electron chi connectivity index (χ1n) is 9.19. The first kappa shape index (κ1) is 17.0. The summed E-state index contributed by atoms with van der Waals surface area (Å²) in [5.41, 5.74) is 2.98. The maximum absolute atomic E-state index is 12.6. The Morgan fingerprint density at radius 1 is 1.07 bits per heavy atom. The second kappa shape index (κ2) is 7.13. The summed E-state index contributed by atoms with van der Waals surface area (Å²) in [6.45, 7) is 0. The first-order valence-corrected chi connectivity index (χ1v) is 10.2. The molecule has 2 heterocycles. The number of fused-ring (bicyclic) bond motifs is 4. The quantitative estimate of drug-likeness (QED) is 0.693. The van der Waals surface area contributed by atoms with Crippen molar-refractivity contribution in [3.63, 3.8) is 0 Å². The van der Waals surface area contributed by atoms with Gasteiger partial charge in [0, 0.05) is 29.3 Å². The van der Waals surface area contributed by atoms with E-state index in [4.69, 9.17) is 4.99 Å². The lowest BCUT2D eigenvalue weighted by Crippen LogP contribution is -2.29. The van der Waals surface area contributed by atoms with Crippen molar-refractivity contribution in [2.75, 3.05) is 11.1 Å². The topological polar surface area (TPSA) is 57.1 Å². The third kappa shape index (κ3) is 3.05. The molecule has 6 heteroatoms. The fourth-order valence-corrected chi connectivity index (χ4v) is 4.43. The summed E-state index contributed by atoms with van der Waals surface area (Å²) in [6.07, 6.45) is 2.78. The van der Waals surface area contributed by atoms with Crippen LogP contribution in [0.15, 0.2) is 76.8 Å². The predicted octanol–water partition coefficient (Wildman–Crippen LogP) is 4.95. The highest BCUT2D eigenvalue weighted by Crippen LogP contribution is 2.40. The number of anilines is 1. The van der Waals surface area contributed by atoms with E-state index in [-0.39, 0.29) is 17.7 Å². The standard InChI is InChI=1S/C22H18N4OS/c27-21(24-18-11-5-7-15-6-1-2-8-16(15)18)14-28-22-25-19-10-4-3-9-17(19)20-12-13-23-26(20)22/h1-11,13,20H,12,14H2,(H,24,27). The van der Waals surface area contributed by atoms with Gasteiger partial charge in [-0.2, -0.15) is 5.10 Å². The molecule has 0 saturated heterocycles. The molecule has 2 aliphatic heterocycles. The number of rotatable bonds is 3. The van der Waals surface area contributed by atoms with Crippen LogP contribution in [0.2, 0.25) is 0 Å². The van der Waals surface area contributed by atoms with Crippen LogP contribution in [0.3, 0.4) is 0 Å². The molecule has 0 bridgehead atoms. The molecule has 5 nitrogen and oxygen atoms in total. The fraction of sp³-hybridized carbons (Fsp3) is 0.136. The second-order valence-corrected chi connectivity index (χ2v) is 7.65. The van der Waals surface area contributed by atoms with Crippen LogP contribution in [0.25, 0.3) is 10.8 Å². The van der Waals surface area contributed by atoms with Gasteiger partial charge in [-0.05, 0) is 17.5 Å². The van der Waals surface area contributed by atoms with E-state index in [2.05, 4.69) is 16.5 Å². The van der Waals surface area contributed by atoms with E-state index in [0.29, 0.717) is 0 Å². The number of aliphatic imine (C=N–C) groups is 1. The van der Waals surface area contributed by atoms with Crippen LogP contribution in [0.1, 0.15) is 18.0 Å². The maximum Gasteiger partial charge on any atom is 0.234 e. The third-order valence-corrected chi connectivity index (χ3v) is 5.88. The number of benzene rings is 3. The molecule has 0 aliphatic carbocycles. The minimum atomic E-state index is -0.0531. The Labute approximate surface area is 167 Å². The Morgan fingerprint density at radius 3 is 2.86 bits per heavy atom. The van der Waals surface area contributed by atoms with Crippen molar-refractivity contribution in [2.45, 2.75) is 12.5 Å². The average molecular weight is 386 g/mol. The zero-order chi connectivity index (χ0) is 18.9.